The van der Waals surface area contributed by atoms with Gasteiger partial charge in [0.05, 0.1) is 10.7 Å². The minimum Gasteiger partial charge on any atom is -0.318 e. The first-order valence-electron chi connectivity index (χ1n) is 9.49. The molecule has 5 nitrogen and oxygen atoms in total. The monoisotopic (exact) mass is 471 g/mol. The van der Waals surface area contributed by atoms with Crippen LogP contribution in [0.2, 0.25) is 5.02 Å². The van der Waals surface area contributed by atoms with Crippen molar-refractivity contribution in [2.24, 2.45) is 0 Å². The van der Waals surface area contributed by atoms with Gasteiger partial charge in [-0.2, -0.15) is 0 Å². The Balaban J connectivity index is 1.78. The number of carbonyl (C=O) groups is 2. The number of hydrogen-bond donors (Lipinski definition) is 1. The highest BCUT2D eigenvalue weighted by molar-refractivity contribution is 7.80. The number of thiocarbonyl (C=S) groups is 1. The largest absolute Gasteiger partial charge is 0.318 e. The predicted molar refractivity (Wildman–Crippen MR) is 123 cm³/mol. The lowest BCUT2D eigenvalue weighted by Gasteiger charge is -2.29. The summed E-state index contributed by atoms with van der Waals surface area (Å²) < 4.78 is 29.7. The molecular formula is C23H16ClF2N3O2S. The summed E-state index contributed by atoms with van der Waals surface area (Å²) >= 11 is 11.0. The maximum Gasteiger partial charge on any atom is 0.270 e. The number of para-hydroxylation sites is 1. The van der Waals surface area contributed by atoms with E-state index in [0.29, 0.717) is 16.9 Å². The second-order valence-corrected chi connectivity index (χ2v) is 7.96. The van der Waals surface area contributed by atoms with Gasteiger partial charge in [-0.3, -0.25) is 14.9 Å². The van der Waals surface area contributed by atoms with Crippen LogP contribution in [0.15, 0.2) is 54.1 Å². The number of aryl methyl sites for hydroxylation is 1. The lowest BCUT2D eigenvalue weighted by atomic mass is 10.1. The number of nitrogens with one attached hydrogen (secondary N) is 1. The Bertz CT molecular complexity index is 1330. The molecule has 0 bridgehead atoms. The molecular weight excluding hydrogens is 456 g/mol. The third-order valence-electron chi connectivity index (χ3n) is 5.13. The van der Waals surface area contributed by atoms with E-state index in [1.54, 1.807) is 25.1 Å². The maximum atomic E-state index is 14.3. The fourth-order valence-electron chi connectivity index (χ4n) is 3.62. The van der Waals surface area contributed by atoms with Gasteiger partial charge in [0.15, 0.2) is 5.11 Å². The van der Waals surface area contributed by atoms with Gasteiger partial charge in [-0.1, -0.05) is 23.7 Å². The molecule has 1 saturated heterocycles. The van der Waals surface area contributed by atoms with Crippen molar-refractivity contribution < 1.29 is 18.4 Å². The number of anilines is 1. The van der Waals surface area contributed by atoms with E-state index in [1.165, 1.54) is 36.4 Å². The molecule has 0 atom stereocenters. The van der Waals surface area contributed by atoms with Gasteiger partial charge in [0.25, 0.3) is 11.8 Å². The molecule has 1 N–H and O–H groups in total. The van der Waals surface area contributed by atoms with E-state index >= 15 is 0 Å². The topological polar surface area (TPSA) is 54.3 Å². The van der Waals surface area contributed by atoms with E-state index in [4.69, 9.17) is 23.8 Å². The van der Waals surface area contributed by atoms with Gasteiger partial charge in [-0.05, 0) is 74.1 Å². The zero-order chi connectivity index (χ0) is 23.2. The highest BCUT2D eigenvalue weighted by Gasteiger charge is 2.35. The number of nitrogens with zero attached hydrogens (tertiary/aromatic N) is 2. The van der Waals surface area contributed by atoms with Crippen LogP contribution < -0.4 is 10.2 Å². The summed E-state index contributed by atoms with van der Waals surface area (Å²) in [4.78, 5) is 26.7. The lowest BCUT2D eigenvalue weighted by Crippen LogP contribution is -2.54. The third-order valence-corrected chi connectivity index (χ3v) is 5.70. The summed E-state index contributed by atoms with van der Waals surface area (Å²) in [6.45, 7) is 3.62. The zero-order valence-electron chi connectivity index (χ0n) is 16.9. The summed E-state index contributed by atoms with van der Waals surface area (Å²) in [7, 11) is 0. The van der Waals surface area contributed by atoms with Crippen LogP contribution in [0.3, 0.4) is 0 Å². The van der Waals surface area contributed by atoms with Crippen LogP contribution in [0, 0.1) is 25.5 Å². The Labute approximate surface area is 192 Å². The first-order chi connectivity index (χ1) is 15.2. The van der Waals surface area contributed by atoms with Crippen molar-refractivity contribution in [3.05, 3.63) is 87.7 Å². The number of rotatable bonds is 3. The number of hydrogen-bond acceptors (Lipinski definition) is 3. The summed E-state index contributed by atoms with van der Waals surface area (Å²) in [5.41, 5.74) is 2.44. The van der Waals surface area contributed by atoms with Crippen LogP contribution in [0.1, 0.15) is 17.0 Å². The van der Waals surface area contributed by atoms with Gasteiger partial charge in [0.1, 0.15) is 17.2 Å². The molecule has 1 aromatic heterocycles. The fraction of sp³-hybridized carbons (Fsp3) is 0.0870. The standard InChI is InChI=1S/C23H16ClF2N3O2S/c1-12-9-14(13(2)28(12)15-7-8-18(25)17(24)11-15)10-16-21(30)27-23(32)29(22(16)31)20-6-4-3-5-19(20)26/h3-11H,1-2H3,(H,27,30,32)/b16-10+. The van der Waals surface area contributed by atoms with Gasteiger partial charge in [-0.15, -0.1) is 0 Å². The Morgan fingerprint density at radius 2 is 1.75 bits per heavy atom. The molecule has 0 spiro atoms. The predicted octanol–water partition coefficient (Wildman–Crippen LogP) is 4.86. The number of carbonyl (C=O) groups excluding carboxylic acids is 2. The molecule has 4 rings (SSSR count). The van der Waals surface area contributed by atoms with Crippen LogP contribution in [-0.4, -0.2) is 21.5 Å². The molecule has 2 amide bonds. The minimum absolute atomic E-state index is 0.0224. The quantitative estimate of drug-likeness (QED) is 0.337. The first kappa shape index (κ1) is 21.9. The van der Waals surface area contributed by atoms with E-state index in [-0.39, 0.29) is 21.4 Å². The maximum absolute atomic E-state index is 14.3. The molecule has 1 aliphatic rings. The van der Waals surface area contributed by atoms with E-state index < -0.39 is 23.4 Å². The first-order valence-corrected chi connectivity index (χ1v) is 10.3. The summed E-state index contributed by atoms with van der Waals surface area (Å²) in [5.74, 6) is -2.60. The number of halogens is 3. The van der Waals surface area contributed by atoms with Crippen molar-refractivity contribution in [3.8, 4) is 5.69 Å². The summed E-state index contributed by atoms with van der Waals surface area (Å²) in [6, 6.07) is 11.8. The van der Waals surface area contributed by atoms with Crippen LogP contribution in [0.25, 0.3) is 11.8 Å². The van der Waals surface area contributed by atoms with Crippen LogP contribution in [-0.2, 0) is 9.59 Å². The second-order valence-electron chi connectivity index (χ2n) is 7.17. The fourth-order valence-corrected chi connectivity index (χ4v) is 4.07. The normalized spacial score (nSPS) is 15.5. The van der Waals surface area contributed by atoms with E-state index in [2.05, 4.69) is 5.32 Å². The molecule has 0 aliphatic carbocycles. The van der Waals surface area contributed by atoms with Crippen molar-refractivity contribution in [1.29, 1.82) is 0 Å². The Kier molecular flexibility index (Phi) is 5.66. The number of benzene rings is 2. The molecule has 32 heavy (non-hydrogen) atoms. The van der Waals surface area contributed by atoms with Gasteiger partial charge < -0.3 is 4.57 Å². The van der Waals surface area contributed by atoms with E-state index in [0.717, 1.165) is 10.6 Å². The molecule has 2 heterocycles. The van der Waals surface area contributed by atoms with E-state index in [1.807, 2.05) is 11.5 Å². The molecule has 3 aromatic rings. The molecule has 0 radical (unpaired) electrons. The summed E-state index contributed by atoms with van der Waals surface area (Å²) in [5, 5.41) is 2.22. The second kappa shape index (κ2) is 8.29. The number of amides is 2. The summed E-state index contributed by atoms with van der Waals surface area (Å²) in [6.07, 6.45) is 1.43. The Morgan fingerprint density at radius 1 is 1.03 bits per heavy atom. The molecule has 2 aromatic carbocycles. The highest BCUT2D eigenvalue weighted by Crippen LogP contribution is 2.28. The smallest absolute Gasteiger partial charge is 0.270 e. The van der Waals surface area contributed by atoms with Crippen molar-refractivity contribution >= 4 is 52.5 Å². The van der Waals surface area contributed by atoms with Crippen LogP contribution in [0.5, 0.6) is 0 Å². The molecule has 162 valence electrons. The SMILES string of the molecule is Cc1cc(/C=C2\C(=O)NC(=S)N(c3ccccc3F)C2=O)c(C)n1-c1ccc(F)c(Cl)c1. The lowest BCUT2D eigenvalue weighted by molar-refractivity contribution is -0.122. The molecule has 1 fully saturated rings. The van der Waals surface area contributed by atoms with Crippen molar-refractivity contribution in [3.63, 3.8) is 0 Å². The van der Waals surface area contributed by atoms with Gasteiger partial charge >= 0.3 is 0 Å². The zero-order valence-corrected chi connectivity index (χ0v) is 18.5. The van der Waals surface area contributed by atoms with E-state index in [9.17, 15) is 18.4 Å². The van der Waals surface area contributed by atoms with Crippen LogP contribution in [0.4, 0.5) is 14.5 Å². The Hall–Kier alpha value is -3.36. The molecule has 9 heteroatoms. The number of aromatic nitrogens is 1. The minimum atomic E-state index is -0.738. The third kappa shape index (κ3) is 3.72. The van der Waals surface area contributed by atoms with Crippen molar-refractivity contribution in [2.75, 3.05) is 4.90 Å². The van der Waals surface area contributed by atoms with Crippen molar-refractivity contribution in [2.45, 2.75) is 13.8 Å². The van der Waals surface area contributed by atoms with Crippen LogP contribution >= 0.6 is 23.8 Å². The molecule has 0 unspecified atom stereocenters. The van der Waals surface area contributed by atoms with Crippen molar-refractivity contribution in [1.82, 2.24) is 9.88 Å². The molecule has 0 saturated carbocycles. The Morgan fingerprint density at radius 3 is 2.44 bits per heavy atom. The van der Waals surface area contributed by atoms with Gasteiger partial charge in [0, 0.05) is 17.1 Å². The van der Waals surface area contributed by atoms with Gasteiger partial charge in [0.2, 0.25) is 0 Å². The van der Waals surface area contributed by atoms with Gasteiger partial charge in [-0.25, -0.2) is 13.7 Å². The average molecular weight is 472 g/mol. The highest BCUT2D eigenvalue weighted by atomic mass is 35.5. The molecule has 1 aliphatic heterocycles. The average Bonchev–Trinajstić information content (AvgIpc) is 3.01.